The van der Waals surface area contributed by atoms with Crippen molar-refractivity contribution in [3.05, 3.63) is 23.8 Å². The van der Waals surface area contributed by atoms with Crippen molar-refractivity contribution >= 4 is 23.3 Å². The van der Waals surface area contributed by atoms with Crippen molar-refractivity contribution in [2.24, 2.45) is 5.92 Å². The zero-order valence-electron chi connectivity index (χ0n) is 15.9. The van der Waals surface area contributed by atoms with Crippen molar-refractivity contribution in [2.75, 3.05) is 23.3 Å². The molecule has 0 atom stereocenters. The lowest BCUT2D eigenvalue weighted by atomic mass is 9.92. The van der Waals surface area contributed by atoms with Gasteiger partial charge in [-0.3, -0.25) is 9.59 Å². The zero-order valence-corrected chi connectivity index (χ0v) is 15.9. The van der Waals surface area contributed by atoms with Crippen molar-refractivity contribution in [3.8, 4) is 0 Å². The number of anilines is 2. The molecule has 2 heterocycles. The van der Waals surface area contributed by atoms with Gasteiger partial charge in [-0.05, 0) is 76.1 Å². The second-order valence-electron chi connectivity index (χ2n) is 8.99. The number of benzene rings is 1. The van der Waals surface area contributed by atoms with Crippen LogP contribution in [0.5, 0.6) is 0 Å². The highest BCUT2D eigenvalue weighted by Gasteiger charge is 2.56. The molecule has 26 heavy (non-hydrogen) atoms. The average Bonchev–Trinajstić information content (AvgIpc) is 3.30. The summed E-state index contributed by atoms with van der Waals surface area (Å²) in [5.41, 5.74) is 2.71. The molecule has 1 aromatic carbocycles. The third-order valence-electron chi connectivity index (χ3n) is 5.81. The summed E-state index contributed by atoms with van der Waals surface area (Å²) in [5, 5.41) is 3.02. The van der Waals surface area contributed by atoms with Crippen LogP contribution in [0.25, 0.3) is 0 Å². The van der Waals surface area contributed by atoms with Crippen molar-refractivity contribution in [1.29, 1.82) is 0 Å². The van der Waals surface area contributed by atoms with Gasteiger partial charge in [0.15, 0.2) is 0 Å². The monoisotopic (exact) mass is 356 g/mol. The predicted molar refractivity (Wildman–Crippen MR) is 101 cm³/mol. The highest BCUT2D eigenvalue weighted by atomic mass is 16.6. The van der Waals surface area contributed by atoms with Crippen LogP contribution in [-0.4, -0.2) is 30.6 Å². The number of esters is 1. The Bertz CT molecular complexity index is 738. The second-order valence-corrected chi connectivity index (χ2v) is 8.99. The molecule has 140 valence electrons. The zero-order chi connectivity index (χ0) is 18.5. The number of fused-ring (bicyclic) bond motifs is 2. The minimum Gasteiger partial charge on any atom is -0.460 e. The lowest BCUT2D eigenvalue weighted by molar-refractivity contribution is -0.156. The number of ether oxygens (including phenoxy) is 1. The molecule has 5 heteroatoms. The third-order valence-corrected chi connectivity index (χ3v) is 5.81. The number of hydrogen-bond acceptors (Lipinski definition) is 4. The van der Waals surface area contributed by atoms with Gasteiger partial charge in [-0.1, -0.05) is 0 Å². The van der Waals surface area contributed by atoms with Crippen LogP contribution in [0, 0.1) is 5.92 Å². The minimum atomic E-state index is -0.410. The Balaban J connectivity index is 1.37. The van der Waals surface area contributed by atoms with E-state index in [1.807, 2.05) is 26.8 Å². The van der Waals surface area contributed by atoms with Crippen LogP contribution in [0.1, 0.15) is 58.4 Å². The van der Waals surface area contributed by atoms with E-state index in [2.05, 4.69) is 22.3 Å². The molecule has 1 aromatic rings. The minimum absolute atomic E-state index is 0.0891. The van der Waals surface area contributed by atoms with Gasteiger partial charge in [-0.25, -0.2) is 0 Å². The van der Waals surface area contributed by atoms with Gasteiger partial charge in [-0.15, -0.1) is 0 Å². The lowest BCUT2D eigenvalue weighted by Gasteiger charge is -2.34. The SMILES string of the molecule is CC(C)(C)OC(=O)CC1CCN(c2ccc3c(c2)C2(CC2)C(=O)N3)CC1. The molecule has 0 aromatic heterocycles. The predicted octanol–water partition coefficient (Wildman–Crippen LogP) is 3.62. The Morgan fingerprint density at radius 1 is 1.27 bits per heavy atom. The maximum Gasteiger partial charge on any atom is 0.306 e. The van der Waals surface area contributed by atoms with Gasteiger partial charge < -0.3 is 15.0 Å². The number of piperidine rings is 1. The van der Waals surface area contributed by atoms with E-state index in [0.29, 0.717) is 12.3 Å². The van der Waals surface area contributed by atoms with Crippen molar-refractivity contribution in [3.63, 3.8) is 0 Å². The summed E-state index contributed by atoms with van der Waals surface area (Å²) in [5.74, 6) is 0.475. The van der Waals surface area contributed by atoms with Gasteiger partial charge in [0.25, 0.3) is 0 Å². The molecular weight excluding hydrogens is 328 g/mol. The van der Waals surface area contributed by atoms with Gasteiger partial charge in [0.05, 0.1) is 5.41 Å². The number of hydrogen-bond donors (Lipinski definition) is 1. The first kappa shape index (κ1) is 17.4. The summed E-state index contributed by atoms with van der Waals surface area (Å²) >= 11 is 0. The van der Waals surface area contributed by atoms with Gasteiger partial charge in [0.1, 0.15) is 5.60 Å². The fraction of sp³-hybridized carbons (Fsp3) is 0.619. The van der Waals surface area contributed by atoms with Crippen LogP contribution in [0.2, 0.25) is 0 Å². The molecule has 1 amide bonds. The molecule has 1 N–H and O–H groups in total. The van der Waals surface area contributed by atoms with E-state index in [1.54, 1.807) is 0 Å². The first-order valence-corrected chi connectivity index (χ1v) is 9.70. The van der Waals surface area contributed by atoms with Crippen molar-refractivity contribution < 1.29 is 14.3 Å². The topological polar surface area (TPSA) is 58.6 Å². The molecule has 1 aliphatic carbocycles. The normalized spacial score (nSPS) is 21.5. The molecule has 3 aliphatic rings. The van der Waals surface area contributed by atoms with Crippen LogP contribution in [0.3, 0.4) is 0 Å². The first-order chi connectivity index (χ1) is 12.3. The molecule has 0 bridgehead atoms. The molecule has 4 rings (SSSR count). The van der Waals surface area contributed by atoms with E-state index in [9.17, 15) is 9.59 Å². The van der Waals surface area contributed by atoms with Crippen LogP contribution in [0.4, 0.5) is 11.4 Å². The fourth-order valence-corrected chi connectivity index (χ4v) is 4.23. The average molecular weight is 356 g/mol. The number of amides is 1. The summed E-state index contributed by atoms with van der Waals surface area (Å²) in [6.07, 6.45) is 4.44. The maximum absolute atomic E-state index is 12.2. The summed E-state index contributed by atoms with van der Waals surface area (Å²) in [6, 6.07) is 6.35. The number of nitrogens with zero attached hydrogens (tertiary/aromatic N) is 1. The van der Waals surface area contributed by atoms with E-state index in [-0.39, 0.29) is 17.3 Å². The second kappa shape index (κ2) is 6.00. The summed E-state index contributed by atoms with van der Waals surface area (Å²) < 4.78 is 5.45. The summed E-state index contributed by atoms with van der Waals surface area (Å²) in [6.45, 7) is 7.62. The molecule has 1 spiro atoms. The highest BCUT2D eigenvalue weighted by molar-refractivity contribution is 6.08. The smallest absolute Gasteiger partial charge is 0.306 e. The quantitative estimate of drug-likeness (QED) is 0.841. The maximum atomic E-state index is 12.2. The number of carbonyl (C=O) groups is 2. The molecular formula is C21H28N2O3. The standard InChI is InChI=1S/C21H28N2O3/c1-20(2,3)26-18(24)12-14-6-10-23(11-7-14)15-4-5-17-16(13-15)21(8-9-21)19(25)22-17/h4-5,13-14H,6-12H2,1-3H3,(H,22,25). The van der Waals surface area contributed by atoms with Crippen molar-refractivity contribution in [2.45, 2.75) is 63.9 Å². The Hall–Kier alpha value is -2.04. The van der Waals surface area contributed by atoms with Gasteiger partial charge in [0, 0.05) is 30.9 Å². The Morgan fingerprint density at radius 3 is 2.58 bits per heavy atom. The Kier molecular flexibility index (Phi) is 4.01. The van der Waals surface area contributed by atoms with Crippen LogP contribution in [0.15, 0.2) is 18.2 Å². The van der Waals surface area contributed by atoms with E-state index in [4.69, 9.17) is 4.74 Å². The molecule has 0 unspecified atom stereocenters. The molecule has 5 nitrogen and oxygen atoms in total. The van der Waals surface area contributed by atoms with Crippen molar-refractivity contribution in [1.82, 2.24) is 0 Å². The summed E-state index contributed by atoms with van der Waals surface area (Å²) in [4.78, 5) is 26.6. The molecule has 1 saturated carbocycles. The molecule has 2 fully saturated rings. The highest BCUT2D eigenvalue weighted by Crippen LogP contribution is 2.55. The van der Waals surface area contributed by atoms with E-state index < -0.39 is 5.60 Å². The number of rotatable bonds is 3. The van der Waals surface area contributed by atoms with Crippen LogP contribution in [-0.2, 0) is 19.7 Å². The largest absolute Gasteiger partial charge is 0.460 e. The van der Waals surface area contributed by atoms with Crippen LogP contribution >= 0.6 is 0 Å². The third kappa shape index (κ3) is 3.19. The van der Waals surface area contributed by atoms with Gasteiger partial charge in [-0.2, -0.15) is 0 Å². The fourth-order valence-electron chi connectivity index (χ4n) is 4.23. The van der Waals surface area contributed by atoms with E-state index in [1.165, 1.54) is 11.3 Å². The lowest BCUT2D eigenvalue weighted by Crippen LogP contribution is -2.35. The number of nitrogens with one attached hydrogen (secondary N) is 1. The first-order valence-electron chi connectivity index (χ1n) is 9.70. The molecule has 2 aliphatic heterocycles. The summed E-state index contributed by atoms with van der Waals surface area (Å²) in [7, 11) is 0. The molecule has 0 radical (unpaired) electrons. The van der Waals surface area contributed by atoms with E-state index >= 15 is 0 Å². The van der Waals surface area contributed by atoms with Gasteiger partial charge in [0.2, 0.25) is 5.91 Å². The number of carbonyl (C=O) groups excluding carboxylic acids is 2. The Morgan fingerprint density at radius 2 is 1.96 bits per heavy atom. The Labute approximate surface area is 155 Å². The van der Waals surface area contributed by atoms with E-state index in [0.717, 1.165) is 44.5 Å². The molecule has 1 saturated heterocycles. The van der Waals surface area contributed by atoms with Gasteiger partial charge >= 0.3 is 5.97 Å². The van der Waals surface area contributed by atoms with Crippen LogP contribution < -0.4 is 10.2 Å².